The number of nitrogens with zero attached hydrogens (tertiary/aromatic N) is 4. The van der Waals surface area contributed by atoms with Gasteiger partial charge in [0.1, 0.15) is 11.9 Å². The van der Waals surface area contributed by atoms with Crippen LogP contribution in [0.15, 0.2) is 6.33 Å². The van der Waals surface area contributed by atoms with Gasteiger partial charge < -0.3 is 24.8 Å². The molecule has 0 aromatic carbocycles. The highest BCUT2D eigenvalue weighted by Crippen LogP contribution is 2.52. The quantitative estimate of drug-likeness (QED) is 0.518. The Balaban J connectivity index is 1.88. The number of halogens is 1. The standard InChI is InChI=1S/C12H17ClN5O4P/c1-2-7-3-12(7,22-6-23(19,20)21)4-18-5-15-8-9(13)16-11(14)17-10(8)18/h5,7H,2-4,6H2,1H3,(H2,14,16,17)(H2,19,20,21)/t7-,12+/m0/s1. The second-order valence-corrected chi connectivity index (χ2v) is 7.68. The molecule has 11 heteroatoms. The fourth-order valence-electron chi connectivity index (χ4n) is 2.83. The molecular weight excluding hydrogens is 345 g/mol. The van der Waals surface area contributed by atoms with Crippen molar-refractivity contribution in [1.82, 2.24) is 19.5 Å². The SMILES string of the molecule is CC[C@H]1C[C@]1(Cn1cnc2c(Cl)nc(N)nc21)OCP(=O)(O)O. The van der Waals surface area contributed by atoms with Gasteiger partial charge in [-0.05, 0) is 12.3 Å². The van der Waals surface area contributed by atoms with Gasteiger partial charge in [0.25, 0.3) is 0 Å². The van der Waals surface area contributed by atoms with E-state index < -0.39 is 19.5 Å². The van der Waals surface area contributed by atoms with E-state index >= 15 is 0 Å². The van der Waals surface area contributed by atoms with Gasteiger partial charge in [-0.15, -0.1) is 0 Å². The summed E-state index contributed by atoms with van der Waals surface area (Å²) in [5.41, 5.74) is 5.90. The maximum Gasteiger partial charge on any atom is 0.351 e. The third-order valence-corrected chi connectivity index (χ3v) is 4.79. The lowest BCUT2D eigenvalue weighted by Crippen LogP contribution is -2.25. The molecule has 1 fully saturated rings. The molecule has 0 bridgehead atoms. The number of imidazole rings is 1. The van der Waals surface area contributed by atoms with Gasteiger partial charge in [-0.3, -0.25) is 4.57 Å². The lowest BCUT2D eigenvalue weighted by atomic mass is 10.2. The molecule has 0 amide bonds. The first-order chi connectivity index (χ1) is 10.7. The van der Waals surface area contributed by atoms with Crippen LogP contribution in [0.2, 0.25) is 5.15 Å². The largest absolute Gasteiger partial charge is 0.368 e. The summed E-state index contributed by atoms with van der Waals surface area (Å²) in [7, 11) is -4.23. The summed E-state index contributed by atoms with van der Waals surface area (Å²) in [5, 5.41) is 0.166. The number of ether oxygens (including phenoxy) is 1. The third kappa shape index (κ3) is 3.34. The van der Waals surface area contributed by atoms with Gasteiger partial charge in [-0.25, -0.2) is 4.98 Å². The number of rotatable bonds is 6. The van der Waals surface area contributed by atoms with E-state index in [4.69, 9.17) is 31.9 Å². The number of aromatic nitrogens is 4. The molecule has 2 aromatic heterocycles. The van der Waals surface area contributed by atoms with Gasteiger partial charge in [-0.1, -0.05) is 24.9 Å². The molecule has 1 aliphatic carbocycles. The molecule has 126 valence electrons. The molecule has 2 aromatic rings. The fourth-order valence-corrected chi connectivity index (χ4v) is 3.48. The second-order valence-electron chi connectivity index (χ2n) is 5.73. The van der Waals surface area contributed by atoms with Crippen molar-refractivity contribution in [3.63, 3.8) is 0 Å². The van der Waals surface area contributed by atoms with Gasteiger partial charge in [0, 0.05) is 0 Å². The predicted octanol–water partition coefficient (Wildman–Crippen LogP) is 1.38. The molecule has 0 radical (unpaired) electrons. The Morgan fingerprint density at radius 2 is 2.30 bits per heavy atom. The molecule has 0 unspecified atom stereocenters. The Bertz CT molecular complexity index is 793. The minimum absolute atomic E-state index is 0.0391. The van der Waals surface area contributed by atoms with Gasteiger partial charge in [-0.2, -0.15) is 9.97 Å². The van der Waals surface area contributed by atoms with Crippen LogP contribution in [0.1, 0.15) is 19.8 Å². The number of nitrogen functional groups attached to an aromatic ring is 1. The third-order valence-electron chi connectivity index (χ3n) is 4.07. The Kier molecular flexibility index (Phi) is 4.10. The van der Waals surface area contributed by atoms with E-state index in [1.807, 2.05) is 6.92 Å². The maximum atomic E-state index is 11.1. The zero-order chi connectivity index (χ0) is 16.8. The van der Waals surface area contributed by atoms with Crippen molar-refractivity contribution >= 4 is 36.3 Å². The van der Waals surface area contributed by atoms with Crippen molar-refractivity contribution in [3.8, 4) is 0 Å². The van der Waals surface area contributed by atoms with E-state index in [1.54, 1.807) is 10.9 Å². The molecular formula is C12H17ClN5O4P. The topological polar surface area (TPSA) is 136 Å². The molecule has 1 aliphatic rings. The molecule has 0 aliphatic heterocycles. The summed E-state index contributed by atoms with van der Waals surface area (Å²) in [5.74, 6) is 0.262. The van der Waals surface area contributed by atoms with E-state index in [9.17, 15) is 4.57 Å². The van der Waals surface area contributed by atoms with E-state index in [0.717, 1.165) is 12.8 Å². The Hall–Kier alpha value is -1.25. The van der Waals surface area contributed by atoms with Crippen LogP contribution in [0.25, 0.3) is 11.2 Å². The van der Waals surface area contributed by atoms with E-state index in [-0.39, 0.29) is 17.0 Å². The lowest BCUT2D eigenvalue weighted by Gasteiger charge is -2.20. The first-order valence-electron chi connectivity index (χ1n) is 7.06. The van der Waals surface area contributed by atoms with Crippen LogP contribution in [-0.2, 0) is 15.8 Å². The van der Waals surface area contributed by atoms with Gasteiger partial charge in [0.05, 0.1) is 18.5 Å². The molecule has 9 nitrogen and oxygen atoms in total. The molecule has 1 saturated carbocycles. The van der Waals surface area contributed by atoms with Crippen LogP contribution < -0.4 is 5.73 Å². The summed E-state index contributed by atoms with van der Waals surface area (Å²) in [6.45, 7) is 2.38. The fraction of sp³-hybridized carbons (Fsp3) is 0.583. The van der Waals surface area contributed by atoms with Crippen LogP contribution in [-0.4, -0.2) is 41.3 Å². The number of fused-ring (bicyclic) bond motifs is 1. The van der Waals surface area contributed by atoms with Crippen molar-refractivity contribution in [3.05, 3.63) is 11.5 Å². The Morgan fingerprint density at radius 3 is 2.91 bits per heavy atom. The molecule has 23 heavy (non-hydrogen) atoms. The van der Waals surface area contributed by atoms with E-state index in [2.05, 4.69) is 15.0 Å². The van der Waals surface area contributed by atoms with Crippen LogP contribution in [0, 0.1) is 5.92 Å². The molecule has 3 rings (SSSR count). The van der Waals surface area contributed by atoms with Gasteiger partial charge >= 0.3 is 7.60 Å². The van der Waals surface area contributed by atoms with E-state index in [1.165, 1.54) is 0 Å². The number of hydrogen-bond donors (Lipinski definition) is 3. The molecule has 4 N–H and O–H groups in total. The summed E-state index contributed by atoms with van der Waals surface area (Å²) in [6, 6.07) is 0. The monoisotopic (exact) mass is 361 g/mol. The molecule has 2 atom stereocenters. The normalized spacial score (nSPS) is 24.3. The van der Waals surface area contributed by atoms with Crippen molar-refractivity contribution in [2.45, 2.75) is 31.9 Å². The molecule has 0 spiro atoms. The van der Waals surface area contributed by atoms with Gasteiger partial charge in [0.15, 0.2) is 10.8 Å². The first-order valence-corrected chi connectivity index (χ1v) is 9.24. The zero-order valence-electron chi connectivity index (χ0n) is 12.4. The van der Waals surface area contributed by atoms with Crippen LogP contribution in [0.5, 0.6) is 0 Å². The van der Waals surface area contributed by atoms with Crippen molar-refractivity contribution < 1.29 is 19.1 Å². The molecule has 2 heterocycles. The average Bonchev–Trinajstić information content (AvgIpc) is 3.01. The van der Waals surface area contributed by atoms with Crippen molar-refractivity contribution in [2.24, 2.45) is 5.92 Å². The summed E-state index contributed by atoms with van der Waals surface area (Å²) in [6.07, 6.45) is 2.52. The van der Waals surface area contributed by atoms with Crippen LogP contribution in [0.4, 0.5) is 5.95 Å². The van der Waals surface area contributed by atoms with Crippen molar-refractivity contribution in [1.29, 1.82) is 0 Å². The maximum absolute atomic E-state index is 11.1. The number of nitrogens with two attached hydrogens (primary N) is 1. The number of anilines is 1. The summed E-state index contributed by atoms with van der Waals surface area (Å²) >= 11 is 6.00. The second kappa shape index (κ2) is 5.68. The number of hydrogen-bond acceptors (Lipinski definition) is 6. The van der Waals surface area contributed by atoms with Gasteiger partial charge in [0.2, 0.25) is 5.95 Å². The molecule has 0 saturated heterocycles. The minimum atomic E-state index is -4.23. The zero-order valence-corrected chi connectivity index (χ0v) is 14.0. The Labute approximate surface area is 137 Å². The van der Waals surface area contributed by atoms with Crippen LogP contribution >= 0.6 is 19.2 Å². The average molecular weight is 362 g/mol. The smallest absolute Gasteiger partial charge is 0.351 e. The highest BCUT2D eigenvalue weighted by Gasteiger charge is 2.55. The predicted molar refractivity (Wildman–Crippen MR) is 83.9 cm³/mol. The van der Waals surface area contributed by atoms with Crippen molar-refractivity contribution in [2.75, 3.05) is 12.1 Å². The highest BCUT2D eigenvalue weighted by atomic mass is 35.5. The lowest BCUT2D eigenvalue weighted by molar-refractivity contribution is 0.0281. The summed E-state index contributed by atoms with van der Waals surface area (Å²) < 4.78 is 18.4. The Morgan fingerprint density at radius 1 is 1.57 bits per heavy atom. The minimum Gasteiger partial charge on any atom is -0.368 e. The van der Waals surface area contributed by atoms with E-state index in [0.29, 0.717) is 17.7 Å². The first kappa shape index (κ1) is 16.6. The highest BCUT2D eigenvalue weighted by molar-refractivity contribution is 7.51. The summed E-state index contributed by atoms with van der Waals surface area (Å²) in [4.78, 5) is 30.3. The van der Waals surface area contributed by atoms with Crippen LogP contribution in [0.3, 0.4) is 0 Å².